The average molecular weight is 332 g/mol. The van der Waals surface area contributed by atoms with E-state index in [9.17, 15) is 13.6 Å². The van der Waals surface area contributed by atoms with Crippen LogP contribution in [0.25, 0.3) is 0 Å². The fraction of sp³-hybridized carbons (Fsp3) is 0. The Morgan fingerprint density at radius 1 is 1.17 bits per heavy atom. The van der Waals surface area contributed by atoms with Crippen molar-refractivity contribution in [1.82, 2.24) is 0 Å². The summed E-state index contributed by atoms with van der Waals surface area (Å²) >= 11 is 8.98. The highest BCUT2D eigenvalue weighted by atomic mass is 79.9. The fourth-order valence-corrected chi connectivity index (χ4v) is 2.38. The smallest absolute Gasteiger partial charge is 0.196 e. The number of rotatable bonds is 2. The van der Waals surface area contributed by atoms with Gasteiger partial charge < -0.3 is 0 Å². The molecule has 1 nitrogen and oxygen atoms in total. The molecule has 0 amide bonds. The van der Waals surface area contributed by atoms with Crippen molar-refractivity contribution in [2.24, 2.45) is 0 Å². The van der Waals surface area contributed by atoms with Gasteiger partial charge in [0.05, 0.1) is 5.56 Å². The third-order valence-electron chi connectivity index (χ3n) is 2.32. The van der Waals surface area contributed by atoms with Crippen LogP contribution in [0.4, 0.5) is 8.78 Å². The molecular weight excluding hydrogens is 325 g/mol. The average Bonchev–Trinajstić information content (AvgIpc) is 2.30. The Kier molecular flexibility index (Phi) is 3.78. The topological polar surface area (TPSA) is 17.1 Å². The highest BCUT2D eigenvalue weighted by Crippen LogP contribution is 2.23. The van der Waals surface area contributed by atoms with Crippen molar-refractivity contribution in [2.75, 3.05) is 0 Å². The molecule has 0 saturated heterocycles. The van der Waals surface area contributed by atoms with E-state index in [1.807, 2.05) is 0 Å². The minimum atomic E-state index is -1.15. The quantitative estimate of drug-likeness (QED) is 0.734. The van der Waals surface area contributed by atoms with Crippen LogP contribution in [0, 0.1) is 11.6 Å². The van der Waals surface area contributed by atoms with Crippen LogP contribution >= 0.6 is 27.5 Å². The van der Waals surface area contributed by atoms with E-state index in [-0.39, 0.29) is 11.1 Å². The third-order valence-corrected chi connectivity index (χ3v) is 3.00. The zero-order valence-electron chi connectivity index (χ0n) is 8.88. The first kappa shape index (κ1) is 13.2. The van der Waals surface area contributed by atoms with E-state index in [0.29, 0.717) is 9.50 Å². The summed E-state index contributed by atoms with van der Waals surface area (Å²) < 4.78 is 27.1. The van der Waals surface area contributed by atoms with Crippen LogP contribution in [-0.2, 0) is 0 Å². The molecule has 5 heteroatoms. The van der Waals surface area contributed by atoms with Crippen molar-refractivity contribution in [3.63, 3.8) is 0 Å². The Hall–Kier alpha value is -1.26. The van der Waals surface area contributed by atoms with Crippen molar-refractivity contribution in [2.45, 2.75) is 0 Å². The van der Waals surface area contributed by atoms with Crippen molar-refractivity contribution in [3.05, 3.63) is 68.7 Å². The summed E-state index contributed by atoms with van der Waals surface area (Å²) in [7, 11) is 0. The number of carbonyl (C=O) groups excluding carboxylic acids is 1. The lowest BCUT2D eigenvalue weighted by Gasteiger charge is -2.04. The summed E-state index contributed by atoms with van der Waals surface area (Å²) in [5.41, 5.74) is -0.122. The molecule has 0 aliphatic heterocycles. The zero-order valence-corrected chi connectivity index (χ0v) is 11.2. The molecule has 2 aromatic rings. The Balaban J connectivity index is 2.51. The van der Waals surface area contributed by atoms with E-state index in [2.05, 4.69) is 15.9 Å². The number of halogens is 4. The van der Waals surface area contributed by atoms with Crippen LogP contribution in [-0.4, -0.2) is 5.78 Å². The van der Waals surface area contributed by atoms with E-state index in [4.69, 9.17) is 11.6 Å². The SMILES string of the molecule is O=C(c1cc(Cl)cc(Br)c1)c1cccc(F)c1F. The van der Waals surface area contributed by atoms with Gasteiger partial charge in [-0.3, -0.25) is 4.79 Å². The summed E-state index contributed by atoms with van der Waals surface area (Å²) in [6.07, 6.45) is 0. The third kappa shape index (κ3) is 2.60. The van der Waals surface area contributed by atoms with Gasteiger partial charge in [-0.05, 0) is 30.3 Å². The minimum absolute atomic E-state index is 0.193. The summed E-state index contributed by atoms with van der Waals surface area (Å²) in [6.45, 7) is 0. The molecule has 0 aliphatic carbocycles. The first-order valence-corrected chi connectivity index (χ1v) is 6.11. The minimum Gasteiger partial charge on any atom is -0.288 e. The van der Waals surface area contributed by atoms with Gasteiger partial charge in [-0.2, -0.15) is 0 Å². The molecule has 0 atom stereocenters. The molecular formula is C13H6BrClF2O. The summed E-state index contributed by atoms with van der Waals surface area (Å²) in [6, 6.07) is 7.97. The molecule has 0 unspecified atom stereocenters. The monoisotopic (exact) mass is 330 g/mol. The molecule has 0 spiro atoms. The van der Waals surface area contributed by atoms with Crippen molar-refractivity contribution in [3.8, 4) is 0 Å². The van der Waals surface area contributed by atoms with E-state index in [0.717, 1.165) is 6.07 Å². The zero-order chi connectivity index (χ0) is 13.3. The number of ketones is 1. The molecule has 0 radical (unpaired) electrons. The van der Waals surface area contributed by atoms with Crippen LogP contribution < -0.4 is 0 Å². The summed E-state index contributed by atoms with van der Waals surface area (Å²) in [5.74, 6) is -2.82. The summed E-state index contributed by atoms with van der Waals surface area (Å²) in [5, 5.41) is 0.338. The second kappa shape index (κ2) is 5.16. The number of hydrogen-bond acceptors (Lipinski definition) is 1. The highest BCUT2D eigenvalue weighted by molar-refractivity contribution is 9.10. The maximum Gasteiger partial charge on any atom is 0.196 e. The highest BCUT2D eigenvalue weighted by Gasteiger charge is 2.17. The van der Waals surface area contributed by atoms with Gasteiger partial charge >= 0.3 is 0 Å². The standard InChI is InChI=1S/C13H6BrClF2O/c14-8-4-7(5-9(15)6-8)13(18)10-2-1-3-11(16)12(10)17/h1-6H. The van der Waals surface area contributed by atoms with Gasteiger partial charge in [0.15, 0.2) is 17.4 Å². The van der Waals surface area contributed by atoms with E-state index >= 15 is 0 Å². The van der Waals surface area contributed by atoms with Gasteiger partial charge in [0.25, 0.3) is 0 Å². The van der Waals surface area contributed by atoms with Crippen molar-refractivity contribution >= 4 is 33.3 Å². The molecule has 18 heavy (non-hydrogen) atoms. The van der Waals surface area contributed by atoms with Crippen LogP contribution in [0.15, 0.2) is 40.9 Å². The molecule has 0 heterocycles. The number of carbonyl (C=O) groups is 1. The van der Waals surface area contributed by atoms with Gasteiger partial charge in [0, 0.05) is 15.1 Å². The maximum atomic E-state index is 13.5. The second-order valence-electron chi connectivity index (χ2n) is 3.59. The van der Waals surface area contributed by atoms with Gasteiger partial charge in [-0.15, -0.1) is 0 Å². The Morgan fingerprint density at radius 3 is 2.56 bits per heavy atom. The van der Waals surface area contributed by atoms with E-state index < -0.39 is 17.4 Å². The lowest BCUT2D eigenvalue weighted by Crippen LogP contribution is -2.05. The van der Waals surface area contributed by atoms with E-state index in [1.54, 1.807) is 6.07 Å². The van der Waals surface area contributed by atoms with Gasteiger partial charge in [-0.1, -0.05) is 33.6 Å². The van der Waals surface area contributed by atoms with Gasteiger partial charge in [0.2, 0.25) is 0 Å². The Bertz CT molecular complexity index is 608. The number of benzene rings is 2. The normalized spacial score (nSPS) is 10.4. The lowest BCUT2D eigenvalue weighted by atomic mass is 10.0. The molecule has 0 aromatic heterocycles. The Labute approximate surface area is 116 Å². The predicted molar refractivity (Wildman–Crippen MR) is 68.9 cm³/mol. The van der Waals surface area contributed by atoms with Crippen LogP contribution in [0.1, 0.15) is 15.9 Å². The predicted octanol–water partition coefficient (Wildman–Crippen LogP) is 4.61. The molecule has 92 valence electrons. The Morgan fingerprint density at radius 2 is 1.89 bits per heavy atom. The van der Waals surface area contributed by atoms with Gasteiger partial charge in [0.1, 0.15) is 0 Å². The van der Waals surface area contributed by atoms with Crippen molar-refractivity contribution in [1.29, 1.82) is 0 Å². The van der Waals surface area contributed by atoms with Crippen LogP contribution in [0.2, 0.25) is 5.02 Å². The molecule has 0 aliphatic rings. The second-order valence-corrected chi connectivity index (χ2v) is 4.94. The summed E-state index contributed by atoms with van der Waals surface area (Å²) in [4.78, 5) is 12.0. The number of hydrogen-bond donors (Lipinski definition) is 0. The first-order chi connectivity index (χ1) is 8.49. The molecule has 0 fully saturated rings. The first-order valence-electron chi connectivity index (χ1n) is 4.94. The van der Waals surface area contributed by atoms with Crippen LogP contribution in [0.3, 0.4) is 0 Å². The van der Waals surface area contributed by atoms with Gasteiger partial charge in [-0.25, -0.2) is 8.78 Å². The molecule has 0 bridgehead atoms. The largest absolute Gasteiger partial charge is 0.288 e. The molecule has 2 rings (SSSR count). The van der Waals surface area contributed by atoms with E-state index in [1.165, 1.54) is 24.3 Å². The maximum absolute atomic E-state index is 13.5. The molecule has 0 saturated carbocycles. The van der Waals surface area contributed by atoms with Crippen LogP contribution in [0.5, 0.6) is 0 Å². The lowest BCUT2D eigenvalue weighted by molar-refractivity contribution is 0.103. The fourth-order valence-electron chi connectivity index (χ4n) is 1.52. The van der Waals surface area contributed by atoms with Crippen molar-refractivity contribution < 1.29 is 13.6 Å². The molecule has 0 N–H and O–H groups in total. The molecule has 2 aromatic carbocycles.